The van der Waals surface area contributed by atoms with Crippen LogP contribution in [0.25, 0.3) is 0 Å². The van der Waals surface area contributed by atoms with Gasteiger partial charge >= 0.3 is 0 Å². The van der Waals surface area contributed by atoms with Crippen LogP contribution in [0.2, 0.25) is 0 Å². The third-order valence-electron chi connectivity index (χ3n) is 3.58. The molecule has 1 aliphatic rings. The highest BCUT2D eigenvalue weighted by atomic mass is 16.5. The Labute approximate surface area is 119 Å². The van der Waals surface area contributed by atoms with Crippen molar-refractivity contribution in [2.75, 3.05) is 38.3 Å². The van der Waals surface area contributed by atoms with Crippen molar-refractivity contribution < 1.29 is 14.3 Å². The molecular weight excluding hydrogens is 256 g/mol. The minimum absolute atomic E-state index is 0.201. The number of methoxy groups -OCH3 is 1. The maximum absolute atomic E-state index is 11.7. The molecule has 2 N–H and O–H groups in total. The predicted octanol–water partition coefficient (Wildman–Crippen LogP) is 1.75. The summed E-state index contributed by atoms with van der Waals surface area (Å²) in [6, 6.07) is 3.93. The van der Waals surface area contributed by atoms with E-state index in [0.717, 1.165) is 37.6 Å². The molecule has 0 spiro atoms. The molecule has 2 rings (SSSR count). The van der Waals surface area contributed by atoms with Crippen molar-refractivity contribution in [3.05, 3.63) is 23.3 Å². The number of ether oxygens (including phenoxy) is 2. The molecule has 1 aliphatic heterocycles. The molecule has 5 heteroatoms. The Bertz CT molecular complexity index is 494. The quantitative estimate of drug-likeness (QED) is 0.911. The molecule has 110 valence electrons. The molecule has 0 saturated carbocycles. The maximum atomic E-state index is 11.7. The zero-order chi connectivity index (χ0) is 14.7. The van der Waals surface area contributed by atoms with Crippen molar-refractivity contribution in [3.63, 3.8) is 0 Å². The molecule has 1 amide bonds. The zero-order valence-corrected chi connectivity index (χ0v) is 12.3. The van der Waals surface area contributed by atoms with Gasteiger partial charge in [0.05, 0.1) is 25.9 Å². The van der Waals surface area contributed by atoms with E-state index >= 15 is 0 Å². The van der Waals surface area contributed by atoms with Gasteiger partial charge in [-0.3, -0.25) is 4.79 Å². The first-order chi connectivity index (χ1) is 9.54. The second kappa shape index (κ2) is 6.13. The fourth-order valence-corrected chi connectivity index (χ4v) is 2.51. The summed E-state index contributed by atoms with van der Waals surface area (Å²) in [4.78, 5) is 13.9. The summed E-state index contributed by atoms with van der Waals surface area (Å²) in [5, 5.41) is 0. The van der Waals surface area contributed by atoms with Gasteiger partial charge in [0.25, 0.3) is 5.91 Å². The van der Waals surface area contributed by atoms with Gasteiger partial charge in [0.1, 0.15) is 5.75 Å². The molecule has 0 bridgehead atoms. The summed E-state index contributed by atoms with van der Waals surface area (Å²) in [7, 11) is 1.56. The van der Waals surface area contributed by atoms with E-state index in [1.807, 2.05) is 26.0 Å². The summed E-state index contributed by atoms with van der Waals surface area (Å²) in [5.41, 5.74) is 7.97. The van der Waals surface area contributed by atoms with Crippen LogP contribution in [-0.2, 0) is 4.74 Å². The molecule has 1 aromatic rings. The lowest BCUT2D eigenvalue weighted by Crippen LogP contribution is -2.36. The van der Waals surface area contributed by atoms with Crippen molar-refractivity contribution >= 4 is 11.6 Å². The van der Waals surface area contributed by atoms with E-state index in [9.17, 15) is 4.79 Å². The van der Waals surface area contributed by atoms with Crippen molar-refractivity contribution in [1.29, 1.82) is 0 Å². The highest BCUT2D eigenvalue weighted by molar-refractivity contribution is 5.98. The first kappa shape index (κ1) is 14.7. The fourth-order valence-electron chi connectivity index (χ4n) is 2.51. The molecule has 0 aromatic heterocycles. The molecule has 20 heavy (non-hydrogen) atoms. The molecule has 1 saturated heterocycles. The summed E-state index contributed by atoms with van der Waals surface area (Å²) in [6.07, 6.45) is 0. The highest BCUT2D eigenvalue weighted by Crippen LogP contribution is 2.33. The van der Waals surface area contributed by atoms with Gasteiger partial charge in [0.2, 0.25) is 0 Å². The second-order valence-corrected chi connectivity index (χ2v) is 5.23. The molecule has 0 unspecified atom stereocenters. The van der Waals surface area contributed by atoms with Crippen LogP contribution in [0.4, 0.5) is 5.69 Å². The lowest BCUT2D eigenvalue weighted by atomic mass is 9.94. The van der Waals surface area contributed by atoms with Crippen LogP contribution >= 0.6 is 0 Å². The average Bonchev–Trinajstić information content (AvgIpc) is 2.46. The predicted molar refractivity (Wildman–Crippen MR) is 78.6 cm³/mol. The Hall–Kier alpha value is -1.75. The number of amides is 1. The summed E-state index contributed by atoms with van der Waals surface area (Å²) in [6.45, 7) is 7.22. The third-order valence-corrected chi connectivity index (χ3v) is 3.58. The van der Waals surface area contributed by atoms with E-state index in [-0.39, 0.29) is 5.92 Å². The molecule has 0 radical (unpaired) electrons. The van der Waals surface area contributed by atoms with Crippen LogP contribution in [0.15, 0.2) is 12.1 Å². The molecule has 1 fully saturated rings. The third kappa shape index (κ3) is 2.88. The fraction of sp³-hybridized carbons (Fsp3) is 0.533. The van der Waals surface area contributed by atoms with Crippen LogP contribution in [0.3, 0.4) is 0 Å². The Morgan fingerprint density at radius 2 is 2.00 bits per heavy atom. The number of benzene rings is 1. The first-order valence-electron chi connectivity index (χ1n) is 6.89. The Balaban J connectivity index is 2.49. The standard InChI is InChI=1S/C15H22N2O3/c1-10(2)12-8-11(17-4-6-20-7-5-17)9-13(19-3)14(12)15(16)18/h8-10H,4-7H2,1-3H3,(H2,16,18). The normalized spacial score (nSPS) is 15.5. The lowest BCUT2D eigenvalue weighted by Gasteiger charge is -2.30. The number of carbonyl (C=O) groups excluding carboxylic acids is 1. The smallest absolute Gasteiger partial charge is 0.252 e. The minimum atomic E-state index is -0.445. The molecule has 0 atom stereocenters. The topological polar surface area (TPSA) is 64.8 Å². The van der Waals surface area contributed by atoms with Gasteiger partial charge in [-0.05, 0) is 17.5 Å². The Kier molecular flexibility index (Phi) is 4.49. The van der Waals surface area contributed by atoms with Crippen molar-refractivity contribution in [3.8, 4) is 5.75 Å². The number of primary amides is 1. The number of rotatable bonds is 4. The molecule has 1 heterocycles. The van der Waals surface area contributed by atoms with Crippen LogP contribution in [-0.4, -0.2) is 39.3 Å². The van der Waals surface area contributed by atoms with E-state index in [2.05, 4.69) is 4.90 Å². The zero-order valence-electron chi connectivity index (χ0n) is 12.3. The van der Waals surface area contributed by atoms with Gasteiger partial charge in [-0.2, -0.15) is 0 Å². The van der Waals surface area contributed by atoms with E-state index in [0.29, 0.717) is 11.3 Å². The van der Waals surface area contributed by atoms with Crippen LogP contribution in [0, 0.1) is 0 Å². The SMILES string of the molecule is COc1cc(N2CCOCC2)cc(C(C)C)c1C(N)=O. The summed E-state index contributed by atoms with van der Waals surface area (Å²) in [5.74, 6) is 0.302. The summed E-state index contributed by atoms with van der Waals surface area (Å²) < 4.78 is 10.7. The van der Waals surface area contributed by atoms with Crippen LogP contribution in [0.1, 0.15) is 35.7 Å². The number of morpholine rings is 1. The number of nitrogens with two attached hydrogens (primary N) is 1. The Morgan fingerprint density at radius 3 is 2.50 bits per heavy atom. The summed E-state index contributed by atoms with van der Waals surface area (Å²) >= 11 is 0. The monoisotopic (exact) mass is 278 g/mol. The van der Waals surface area contributed by atoms with Crippen LogP contribution < -0.4 is 15.4 Å². The minimum Gasteiger partial charge on any atom is -0.496 e. The number of hydrogen-bond donors (Lipinski definition) is 1. The average molecular weight is 278 g/mol. The van der Waals surface area contributed by atoms with Gasteiger partial charge in [0, 0.05) is 24.8 Å². The van der Waals surface area contributed by atoms with Crippen molar-refractivity contribution in [1.82, 2.24) is 0 Å². The van der Waals surface area contributed by atoms with Gasteiger partial charge in [-0.15, -0.1) is 0 Å². The van der Waals surface area contributed by atoms with E-state index < -0.39 is 5.91 Å². The molecule has 1 aromatic carbocycles. The van der Waals surface area contributed by atoms with Gasteiger partial charge < -0.3 is 20.1 Å². The van der Waals surface area contributed by atoms with Crippen LogP contribution in [0.5, 0.6) is 5.75 Å². The van der Waals surface area contributed by atoms with Gasteiger partial charge in [-0.25, -0.2) is 0 Å². The number of hydrogen-bond acceptors (Lipinski definition) is 4. The maximum Gasteiger partial charge on any atom is 0.252 e. The molecular formula is C15H22N2O3. The Morgan fingerprint density at radius 1 is 1.35 bits per heavy atom. The first-order valence-corrected chi connectivity index (χ1v) is 6.89. The largest absolute Gasteiger partial charge is 0.496 e. The van der Waals surface area contributed by atoms with E-state index in [1.54, 1.807) is 7.11 Å². The van der Waals surface area contributed by atoms with Gasteiger partial charge in [0.15, 0.2) is 0 Å². The van der Waals surface area contributed by atoms with E-state index in [4.69, 9.17) is 15.2 Å². The molecule has 5 nitrogen and oxygen atoms in total. The molecule has 0 aliphatic carbocycles. The van der Waals surface area contributed by atoms with E-state index in [1.165, 1.54) is 0 Å². The number of carbonyl (C=O) groups is 1. The number of anilines is 1. The lowest BCUT2D eigenvalue weighted by molar-refractivity contribution is 0.0996. The van der Waals surface area contributed by atoms with Crippen molar-refractivity contribution in [2.24, 2.45) is 5.73 Å². The number of nitrogens with zero attached hydrogens (tertiary/aromatic N) is 1. The van der Waals surface area contributed by atoms with Gasteiger partial charge in [-0.1, -0.05) is 13.8 Å². The van der Waals surface area contributed by atoms with Crippen molar-refractivity contribution in [2.45, 2.75) is 19.8 Å². The highest BCUT2D eigenvalue weighted by Gasteiger charge is 2.21. The second-order valence-electron chi connectivity index (χ2n) is 5.23.